The van der Waals surface area contributed by atoms with E-state index in [1.54, 1.807) is 0 Å². The maximum Gasteiger partial charge on any atom is 0.223 e. The Morgan fingerprint density at radius 2 is 1.53 bits per heavy atom. The van der Waals surface area contributed by atoms with E-state index in [4.69, 9.17) is 0 Å². The molecule has 0 saturated heterocycles. The molecule has 0 aliphatic carbocycles. The summed E-state index contributed by atoms with van der Waals surface area (Å²) in [6.45, 7) is 6.14. The van der Waals surface area contributed by atoms with Crippen molar-refractivity contribution in [2.45, 2.75) is 26.2 Å². The van der Waals surface area contributed by atoms with Gasteiger partial charge in [0.25, 0.3) is 0 Å². The minimum absolute atomic E-state index is 0.146. The summed E-state index contributed by atoms with van der Waals surface area (Å²) in [5.74, 6) is 0. The van der Waals surface area contributed by atoms with E-state index in [1.165, 1.54) is 0 Å². The lowest BCUT2D eigenvalue weighted by molar-refractivity contribution is -0.606. The van der Waals surface area contributed by atoms with Gasteiger partial charge >= 0.3 is 0 Å². The molecular weight excluding hydrogens is 210 g/mol. The zero-order chi connectivity index (χ0) is 12.5. The van der Waals surface area contributed by atoms with Crippen LogP contribution in [0.2, 0.25) is 0 Å². The summed E-state index contributed by atoms with van der Waals surface area (Å²) < 4.78 is 1.04. The van der Waals surface area contributed by atoms with Crippen molar-refractivity contribution < 1.29 is 4.73 Å². The van der Waals surface area contributed by atoms with Crippen molar-refractivity contribution in [3.05, 3.63) is 59.4 Å². The molecule has 1 aromatic carbocycles. The Labute approximate surface area is 102 Å². The van der Waals surface area contributed by atoms with E-state index >= 15 is 0 Å². The highest BCUT2D eigenvalue weighted by atomic mass is 16.5. The van der Waals surface area contributed by atoms with Crippen LogP contribution in [0.3, 0.4) is 0 Å². The highest BCUT2D eigenvalue weighted by Gasteiger charge is 2.24. The average molecular weight is 227 g/mol. The Morgan fingerprint density at radius 1 is 0.882 bits per heavy atom. The van der Waals surface area contributed by atoms with Gasteiger partial charge in [-0.15, -0.1) is 0 Å². The summed E-state index contributed by atoms with van der Waals surface area (Å²) >= 11 is 0. The van der Waals surface area contributed by atoms with Crippen LogP contribution in [0, 0.1) is 5.21 Å². The van der Waals surface area contributed by atoms with Crippen molar-refractivity contribution in [1.29, 1.82) is 0 Å². The maximum atomic E-state index is 12.3. The summed E-state index contributed by atoms with van der Waals surface area (Å²) in [6, 6.07) is 15.4. The number of nitrogens with zero attached hydrogens (tertiary/aromatic N) is 1. The van der Waals surface area contributed by atoms with E-state index in [0.717, 1.165) is 16.0 Å². The molecule has 0 amide bonds. The van der Waals surface area contributed by atoms with E-state index in [2.05, 4.69) is 0 Å². The van der Waals surface area contributed by atoms with Crippen LogP contribution in [0.15, 0.2) is 48.5 Å². The first-order valence-electron chi connectivity index (χ1n) is 5.78. The minimum Gasteiger partial charge on any atom is -0.618 e. The molecule has 0 radical (unpaired) electrons. The maximum absolute atomic E-state index is 12.3. The van der Waals surface area contributed by atoms with Crippen LogP contribution in [0.25, 0.3) is 11.3 Å². The Balaban J connectivity index is 2.58. The second-order valence-electron chi connectivity index (χ2n) is 5.21. The number of pyridine rings is 1. The number of hydrogen-bond donors (Lipinski definition) is 0. The Bertz CT molecular complexity index is 512. The monoisotopic (exact) mass is 227 g/mol. The summed E-state index contributed by atoms with van der Waals surface area (Å²) in [7, 11) is 0. The number of hydrogen-bond acceptors (Lipinski definition) is 1. The Kier molecular flexibility index (Phi) is 2.88. The smallest absolute Gasteiger partial charge is 0.223 e. The molecule has 0 atom stereocenters. The predicted octanol–water partition coefficient (Wildman–Crippen LogP) is 3.28. The van der Waals surface area contributed by atoms with E-state index in [-0.39, 0.29) is 5.41 Å². The molecule has 0 fully saturated rings. The number of benzene rings is 1. The van der Waals surface area contributed by atoms with Gasteiger partial charge in [-0.2, -0.15) is 4.73 Å². The van der Waals surface area contributed by atoms with E-state index in [9.17, 15) is 5.21 Å². The van der Waals surface area contributed by atoms with Crippen molar-refractivity contribution in [3.63, 3.8) is 0 Å². The molecule has 1 aromatic heterocycles. The average Bonchev–Trinajstić information content (AvgIpc) is 2.29. The van der Waals surface area contributed by atoms with Crippen LogP contribution in [0.4, 0.5) is 0 Å². The molecule has 2 rings (SSSR count). The second kappa shape index (κ2) is 4.21. The van der Waals surface area contributed by atoms with Gasteiger partial charge < -0.3 is 5.21 Å². The zero-order valence-electron chi connectivity index (χ0n) is 10.5. The van der Waals surface area contributed by atoms with Crippen LogP contribution >= 0.6 is 0 Å². The van der Waals surface area contributed by atoms with Gasteiger partial charge in [-0.05, 0) is 18.2 Å². The van der Waals surface area contributed by atoms with Gasteiger partial charge in [0.15, 0.2) is 5.69 Å². The van der Waals surface area contributed by atoms with Crippen LogP contribution < -0.4 is 4.73 Å². The van der Waals surface area contributed by atoms with Gasteiger partial charge in [0.05, 0.1) is 0 Å². The molecule has 0 bridgehead atoms. The molecule has 0 aliphatic heterocycles. The van der Waals surface area contributed by atoms with Crippen LogP contribution in [-0.4, -0.2) is 0 Å². The van der Waals surface area contributed by atoms with Gasteiger partial charge in [-0.3, -0.25) is 0 Å². The first-order valence-corrected chi connectivity index (χ1v) is 5.78. The Morgan fingerprint density at radius 3 is 2.12 bits per heavy atom. The topological polar surface area (TPSA) is 26.9 Å². The highest BCUT2D eigenvalue weighted by molar-refractivity contribution is 5.55. The van der Waals surface area contributed by atoms with Crippen molar-refractivity contribution in [2.75, 3.05) is 0 Å². The van der Waals surface area contributed by atoms with Crippen LogP contribution in [0.5, 0.6) is 0 Å². The minimum atomic E-state index is -0.146. The molecular formula is C15H17NO. The summed E-state index contributed by atoms with van der Waals surface area (Å²) in [5.41, 5.74) is 2.30. The lowest BCUT2D eigenvalue weighted by atomic mass is 9.91. The quantitative estimate of drug-likeness (QED) is 0.542. The molecule has 0 N–H and O–H groups in total. The predicted molar refractivity (Wildman–Crippen MR) is 69.5 cm³/mol. The zero-order valence-corrected chi connectivity index (χ0v) is 10.5. The van der Waals surface area contributed by atoms with Gasteiger partial charge in [-0.25, -0.2) is 0 Å². The lowest BCUT2D eigenvalue weighted by Gasteiger charge is -2.19. The third kappa shape index (κ3) is 2.31. The highest BCUT2D eigenvalue weighted by Crippen LogP contribution is 2.22. The van der Waals surface area contributed by atoms with Crippen molar-refractivity contribution in [2.24, 2.45) is 0 Å². The van der Waals surface area contributed by atoms with E-state index in [0.29, 0.717) is 5.69 Å². The molecule has 0 unspecified atom stereocenters. The van der Waals surface area contributed by atoms with Crippen LogP contribution in [0.1, 0.15) is 26.5 Å². The number of aromatic nitrogens is 1. The SMILES string of the molecule is CC(C)(C)c1cccc(-c2ccccc2)[n+]1[O-]. The normalized spacial score (nSPS) is 11.5. The molecule has 88 valence electrons. The molecule has 2 heteroatoms. The van der Waals surface area contributed by atoms with Crippen molar-refractivity contribution in [3.8, 4) is 11.3 Å². The van der Waals surface area contributed by atoms with Crippen molar-refractivity contribution in [1.82, 2.24) is 0 Å². The summed E-state index contributed by atoms with van der Waals surface area (Å²) in [4.78, 5) is 0. The Hall–Kier alpha value is -1.83. The van der Waals surface area contributed by atoms with Gasteiger partial charge in [-0.1, -0.05) is 39.0 Å². The molecule has 0 spiro atoms. The standard InChI is InChI=1S/C15H17NO/c1-15(2,3)14-11-7-10-13(16(14)17)12-8-5-4-6-9-12/h4-11H,1-3H3. The van der Waals surface area contributed by atoms with E-state index < -0.39 is 0 Å². The molecule has 1 heterocycles. The molecule has 0 aliphatic rings. The fraction of sp³-hybridized carbons (Fsp3) is 0.267. The third-order valence-corrected chi connectivity index (χ3v) is 2.78. The van der Waals surface area contributed by atoms with Crippen molar-refractivity contribution >= 4 is 0 Å². The van der Waals surface area contributed by atoms with Crippen LogP contribution in [-0.2, 0) is 5.41 Å². The number of rotatable bonds is 1. The third-order valence-electron chi connectivity index (χ3n) is 2.78. The molecule has 17 heavy (non-hydrogen) atoms. The summed E-state index contributed by atoms with van der Waals surface area (Å²) in [5, 5.41) is 12.3. The van der Waals surface area contributed by atoms with Gasteiger partial charge in [0, 0.05) is 23.1 Å². The molecule has 2 aromatic rings. The fourth-order valence-electron chi connectivity index (χ4n) is 1.87. The first-order chi connectivity index (χ1) is 8.00. The van der Waals surface area contributed by atoms with E-state index in [1.807, 2.05) is 69.3 Å². The van der Waals surface area contributed by atoms with Gasteiger partial charge in [0.2, 0.25) is 5.69 Å². The fourth-order valence-corrected chi connectivity index (χ4v) is 1.87. The lowest BCUT2D eigenvalue weighted by Crippen LogP contribution is -2.40. The largest absolute Gasteiger partial charge is 0.618 e. The molecule has 2 nitrogen and oxygen atoms in total. The first kappa shape index (κ1) is 11.6. The van der Waals surface area contributed by atoms with Gasteiger partial charge in [0.1, 0.15) is 0 Å². The second-order valence-corrected chi connectivity index (χ2v) is 5.21. The molecule has 0 saturated carbocycles. The summed E-state index contributed by atoms with van der Waals surface area (Å²) in [6.07, 6.45) is 0.